The molecular formula is C23H36N4OS. The summed E-state index contributed by atoms with van der Waals surface area (Å²) in [4.78, 5) is 29.0. The van der Waals surface area contributed by atoms with Gasteiger partial charge in [0.2, 0.25) is 5.91 Å². The Morgan fingerprint density at radius 2 is 1.66 bits per heavy atom. The van der Waals surface area contributed by atoms with E-state index < -0.39 is 0 Å². The van der Waals surface area contributed by atoms with Gasteiger partial charge in [0.25, 0.3) is 0 Å². The second-order valence-corrected chi connectivity index (χ2v) is 9.37. The molecule has 1 saturated heterocycles. The minimum atomic E-state index is 0.324. The van der Waals surface area contributed by atoms with Crippen LogP contribution in [0.1, 0.15) is 75.1 Å². The van der Waals surface area contributed by atoms with E-state index in [-0.39, 0.29) is 0 Å². The van der Waals surface area contributed by atoms with Crippen molar-refractivity contribution in [3.05, 3.63) is 16.3 Å². The average molecular weight is 417 g/mol. The molecule has 3 heterocycles. The third kappa shape index (κ3) is 5.27. The standard InChI is InChI=1S/C23H36N4OS/c1-5-7-8-9-10-11-12-20(28)26-13-15-27(16-14-26)22-21-17(3)18(4)29-23(21)25-19(6-2)24-22/h5-16H2,1-4H3. The number of fused-ring (bicyclic) bond motifs is 1. The summed E-state index contributed by atoms with van der Waals surface area (Å²) in [6.45, 7) is 12.0. The van der Waals surface area contributed by atoms with Gasteiger partial charge in [0.15, 0.2) is 0 Å². The zero-order valence-electron chi connectivity index (χ0n) is 18.6. The fourth-order valence-electron chi connectivity index (χ4n) is 4.04. The van der Waals surface area contributed by atoms with Crippen LogP contribution in [0.25, 0.3) is 10.2 Å². The van der Waals surface area contributed by atoms with Crippen LogP contribution in [-0.4, -0.2) is 47.0 Å². The molecule has 1 aliphatic heterocycles. The fourth-order valence-corrected chi connectivity index (χ4v) is 5.08. The number of rotatable bonds is 9. The maximum absolute atomic E-state index is 12.6. The van der Waals surface area contributed by atoms with Crippen LogP contribution in [0.4, 0.5) is 5.82 Å². The van der Waals surface area contributed by atoms with Gasteiger partial charge < -0.3 is 9.80 Å². The Morgan fingerprint density at radius 3 is 2.34 bits per heavy atom. The maximum Gasteiger partial charge on any atom is 0.222 e. The first-order valence-corrected chi connectivity index (χ1v) is 12.2. The molecule has 0 aromatic carbocycles. The van der Waals surface area contributed by atoms with E-state index in [0.29, 0.717) is 12.3 Å². The van der Waals surface area contributed by atoms with Crippen LogP contribution in [0.2, 0.25) is 0 Å². The molecular weight excluding hydrogens is 380 g/mol. The molecule has 2 aromatic rings. The molecule has 2 aromatic heterocycles. The van der Waals surface area contributed by atoms with Gasteiger partial charge in [-0.3, -0.25) is 4.79 Å². The Hall–Kier alpha value is -1.69. The van der Waals surface area contributed by atoms with Gasteiger partial charge in [0, 0.05) is 43.9 Å². The normalized spacial score (nSPS) is 14.8. The zero-order chi connectivity index (χ0) is 20.8. The van der Waals surface area contributed by atoms with Gasteiger partial charge in [-0.1, -0.05) is 46.0 Å². The smallest absolute Gasteiger partial charge is 0.222 e. The first-order valence-electron chi connectivity index (χ1n) is 11.3. The highest BCUT2D eigenvalue weighted by Gasteiger charge is 2.25. The summed E-state index contributed by atoms with van der Waals surface area (Å²) < 4.78 is 0. The van der Waals surface area contributed by atoms with Crippen LogP contribution in [-0.2, 0) is 11.2 Å². The molecule has 0 bridgehead atoms. The van der Waals surface area contributed by atoms with E-state index in [1.165, 1.54) is 47.9 Å². The number of aryl methyl sites for hydroxylation is 3. The van der Waals surface area contributed by atoms with E-state index in [4.69, 9.17) is 9.97 Å². The molecule has 0 N–H and O–H groups in total. The van der Waals surface area contributed by atoms with E-state index in [1.54, 1.807) is 11.3 Å². The van der Waals surface area contributed by atoms with Crippen LogP contribution < -0.4 is 4.90 Å². The Labute approximate surface area is 179 Å². The van der Waals surface area contributed by atoms with E-state index in [0.717, 1.165) is 55.5 Å². The number of nitrogens with zero attached hydrogens (tertiary/aromatic N) is 4. The van der Waals surface area contributed by atoms with Crippen LogP contribution in [0.3, 0.4) is 0 Å². The predicted molar refractivity (Wildman–Crippen MR) is 123 cm³/mol. The van der Waals surface area contributed by atoms with Crippen molar-refractivity contribution in [2.24, 2.45) is 0 Å². The van der Waals surface area contributed by atoms with Crippen LogP contribution in [0.5, 0.6) is 0 Å². The molecule has 1 aliphatic rings. The molecule has 160 valence electrons. The number of hydrogen-bond acceptors (Lipinski definition) is 5. The summed E-state index contributed by atoms with van der Waals surface area (Å²) in [7, 11) is 0. The summed E-state index contributed by atoms with van der Waals surface area (Å²) in [5.74, 6) is 2.30. The minimum absolute atomic E-state index is 0.324. The van der Waals surface area contributed by atoms with Crippen molar-refractivity contribution < 1.29 is 4.79 Å². The third-order valence-corrected chi connectivity index (χ3v) is 7.15. The fraction of sp³-hybridized carbons (Fsp3) is 0.696. The van der Waals surface area contributed by atoms with Crippen molar-refractivity contribution in [3.63, 3.8) is 0 Å². The lowest BCUT2D eigenvalue weighted by atomic mass is 10.1. The monoisotopic (exact) mass is 416 g/mol. The second kappa shape index (κ2) is 10.4. The van der Waals surface area contributed by atoms with E-state index >= 15 is 0 Å². The van der Waals surface area contributed by atoms with Crippen molar-refractivity contribution in [3.8, 4) is 0 Å². The summed E-state index contributed by atoms with van der Waals surface area (Å²) >= 11 is 1.77. The molecule has 5 nitrogen and oxygen atoms in total. The summed E-state index contributed by atoms with van der Waals surface area (Å²) in [5.41, 5.74) is 1.30. The largest absolute Gasteiger partial charge is 0.352 e. The van der Waals surface area contributed by atoms with Crippen molar-refractivity contribution in [1.29, 1.82) is 0 Å². The van der Waals surface area contributed by atoms with Gasteiger partial charge >= 0.3 is 0 Å². The van der Waals surface area contributed by atoms with Crippen LogP contribution in [0, 0.1) is 13.8 Å². The molecule has 0 radical (unpaired) electrons. The molecule has 29 heavy (non-hydrogen) atoms. The lowest BCUT2D eigenvalue weighted by molar-refractivity contribution is -0.131. The number of thiophene rings is 1. The Morgan fingerprint density at radius 1 is 0.966 bits per heavy atom. The number of aromatic nitrogens is 2. The van der Waals surface area contributed by atoms with Gasteiger partial charge in [-0.2, -0.15) is 0 Å². The number of piperazine rings is 1. The molecule has 0 aliphatic carbocycles. The van der Waals surface area contributed by atoms with Crippen molar-refractivity contribution >= 4 is 33.3 Å². The zero-order valence-corrected chi connectivity index (χ0v) is 19.4. The molecule has 0 saturated carbocycles. The highest BCUT2D eigenvalue weighted by atomic mass is 32.1. The van der Waals surface area contributed by atoms with Gasteiger partial charge in [-0.05, 0) is 25.8 Å². The topological polar surface area (TPSA) is 49.3 Å². The Bertz CT molecular complexity index is 824. The molecule has 6 heteroatoms. The molecule has 1 amide bonds. The summed E-state index contributed by atoms with van der Waals surface area (Å²) in [6.07, 6.45) is 8.91. The van der Waals surface area contributed by atoms with Crippen molar-refractivity contribution in [2.45, 2.75) is 79.1 Å². The SMILES string of the molecule is CCCCCCCCC(=O)N1CCN(c2nc(CC)nc3sc(C)c(C)c23)CC1. The molecule has 3 rings (SSSR count). The lowest BCUT2D eigenvalue weighted by Crippen LogP contribution is -2.49. The van der Waals surface area contributed by atoms with Gasteiger partial charge in [-0.15, -0.1) is 11.3 Å². The highest BCUT2D eigenvalue weighted by Crippen LogP contribution is 2.35. The quantitative estimate of drug-likeness (QED) is 0.523. The number of carbonyl (C=O) groups is 1. The first-order chi connectivity index (χ1) is 14.0. The molecule has 0 spiro atoms. The van der Waals surface area contributed by atoms with Gasteiger partial charge in [-0.25, -0.2) is 9.97 Å². The Kier molecular flexibility index (Phi) is 7.87. The number of unbranched alkanes of at least 4 members (excludes halogenated alkanes) is 5. The first kappa shape index (κ1) is 22.0. The van der Waals surface area contributed by atoms with E-state index in [2.05, 4.69) is 32.6 Å². The minimum Gasteiger partial charge on any atom is -0.352 e. The van der Waals surface area contributed by atoms with E-state index in [1.807, 2.05) is 4.90 Å². The average Bonchev–Trinajstić information content (AvgIpc) is 3.03. The van der Waals surface area contributed by atoms with Crippen LogP contribution in [0.15, 0.2) is 0 Å². The molecule has 0 unspecified atom stereocenters. The third-order valence-electron chi connectivity index (χ3n) is 6.05. The number of amides is 1. The predicted octanol–water partition coefficient (Wildman–Crippen LogP) is 5.27. The van der Waals surface area contributed by atoms with Crippen molar-refractivity contribution in [2.75, 3.05) is 31.1 Å². The molecule has 0 atom stereocenters. The van der Waals surface area contributed by atoms with E-state index in [9.17, 15) is 4.79 Å². The van der Waals surface area contributed by atoms with Crippen LogP contribution >= 0.6 is 11.3 Å². The lowest BCUT2D eigenvalue weighted by Gasteiger charge is -2.36. The van der Waals surface area contributed by atoms with Gasteiger partial charge in [0.05, 0.1) is 5.39 Å². The number of carbonyl (C=O) groups excluding carboxylic acids is 1. The summed E-state index contributed by atoms with van der Waals surface area (Å²) in [5, 5.41) is 1.21. The molecule has 1 fully saturated rings. The number of anilines is 1. The van der Waals surface area contributed by atoms with Gasteiger partial charge in [0.1, 0.15) is 16.5 Å². The second-order valence-electron chi connectivity index (χ2n) is 8.17. The maximum atomic E-state index is 12.6. The number of hydrogen-bond donors (Lipinski definition) is 0. The highest BCUT2D eigenvalue weighted by molar-refractivity contribution is 7.18. The summed E-state index contributed by atoms with van der Waals surface area (Å²) in [6, 6.07) is 0. The Balaban J connectivity index is 1.59. The van der Waals surface area contributed by atoms with Crippen molar-refractivity contribution in [1.82, 2.24) is 14.9 Å².